The smallest absolute Gasteiger partial charge is 0.194 e. The molecule has 142 valence electrons. The van der Waals surface area contributed by atoms with Crippen molar-refractivity contribution in [1.29, 1.82) is 0 Å². The van der Waals surface area contributed by atoms with Crippen molar-refractivity contribution in [2.24, 2.45) is 4.99 Å². The number of benzene rings is 1. The lowest BCUT2D eigenvalue weighted by Crippen LogP contribution is -2.50. The summed E-state index contributed by atoms with van der Waals surface area (Å²) in [7, 11) is 3.34. The first kappa shape index (κ1) is 22.2. The lowest BCUT2D eigenvalue weighted by atomic mass is 10.2. The number of thioether (sulfide) groups is 1. The monoisotopic (exact) mass is 479 g/mol. The molecule has 5 nitrogen and oxygen atoms in total. The first-order valence-electron chi connectivity index (χ1n) is 8.37. The number of rotatable bonds is 5. The van der Waals surface area contributed by atoms with Gasteiger partial charge in [0.05, 0.1) is 20.8 Å². The van der Waals surface area contributed by atoms with Gasteiger partial charge in [-0.15, -0.1) is 24.0 Å². The molecular weight excluding hydrogens is 449 g/mol. The molecule has 0 aromatic heterocycles. The maximum atomic E-state index is 5.47. The third-order valence-electron chi connectivity index (χ3n) is 3.95. The van der Waals surface area contributed by atoms with Crippen LogP contribution < -0.4 is 14.8 Å². The van der Waals surface area contributed by atoms with Gasteiger partial charge in [-0.25, -0.2) is 4.99 Å². The summed E-state index contributed by atoms with van der Waals surface area (Å²) in [5, 5.41) is 3.42. The molecule has 1 fully saturated rings. The van der Waals surface area contributed by atoms with Crippen molar-refractivity contribution in [2.75, 3.05) is 39.6 Å². The molecule has 0 unspecified atom stereocenters. The second kappa shape index (κ2) is 10.4. The highest BCUT2D eigenvalue weighted by Gasteiger charge is 2.28. The van der Waals surface area contributed by atoms with Crippen LogP contribution in [-0.4, -0.2) is 55.2 Å². The van der Waals surface area contributed by atoms with Gasteiger partial charge in [0.15, 0.2) is 5.96 Å². The fraction of sp³-hybridized carbons (Fsp3) is 0.611. The van der Waals surface area contributed by atoms with Gasteiger partial charge in [-0.05, 0) is 32.9 Å². The Balaban J connectivity index is 0.00000312. The van der Waals surface area contributed by atoms with E-state index in [1.165, 1.54) is 0 Å². The van der Waals surface area contributed by atoms with Crippen molar-refractivity contribution in [3.05, 3.63) is 23.8 Å². The number of nitrogens with zero attached hydrogens (tertiary/aromatic N) is 2. The van der Waals surface area contributed by atoms with Gasteiger partial charge in [0.1, 0.15) is 11.5 Å². The van der Waals surface area contributed by atoms with E-state index in [1.54, 1.807) is 14.2 Å². The molecule has 1 heterocycles. The summed E-state index contributed by atoms with van der Waals surface area (Å²) < 4.78 is 11.0. The maximum absolute atomic E-state index is 5.47. The number of nitrogens with one attached hydrogen (secondary N) is 1. The van der Waals surface area contributed by atoms with Crippen molar-refractivity contribution in [3.63, 3.8) is 0 Å². The molecule has 0 spiro atoms. The van der Waals surface area contributed by atoms with E-state index >= 15 is 0 Å². The standard InChI is InChI=1S/C18H29N3O2S.HI/c1-6-19-17(21-9-10-24-18(2,3)13-21)20-12-14-7-8-15(22-4)11-16(14)23-5;/h7-8,11H,6,9-10,12-13H2,1-5H3,(H,19,20);1H. The van der Waals surface area contributed by atoms with Crippen LogP contribution in [-0.2, 0) is 6.54 Å². The highest BCUT2D eigenvalue weighted by atomic mass is 127. The zero-order valence-corrected chi connectivity index (χ0v) is 18.9. The minimum absolute atomic E-state index is 0. The molecule has 0 saturated carbocycles. The highest BCUT2D eigenvalue weighted by Crippen LogP contribution is 2.30. The molecule has 7 heteroatoms. The van der Waals surface area contributed by atoms with Gasteiger partial charge in [0.2, 0.25) is 0 Å². The summed E-state index contributed by atoms with van der Waals surface area (Å²) in [6, 6.07) is 5.86. The second-order valence-electron chi connectivity index (χ2n) is 6.38. The summed E-state index contributed by atoms with van der Waals surface area (Å²) >= 11 is 2.03. The molecule has 1 aliphatic rings. The zero-order valence-electron chi connectivity index (χ0n) is 15.8. The molecule has 0 bridgehead atoms. The number of aliphatic imine (C=N–C) groups is 1. The van der Waals surface area contributed by atoms with Gasteiger partial charge in [-0.1, -0.05) is 0 Å². The van der Waals surface area contributed by atoms with Crippen molar-refractivity contribution in [3.8, 4) is 11.5 Å². The molecular formula is C18H30IN3O2S. The minimum atomic E-state index is 0. The van der Waals surface area contributed by atoms with E-state index < -0.39 is 0 Å². The molecule has 1 saturated heterocycles. The Bertz CT molecular complexity index is 581. The predicted octanol–water partition coefficient (Wildman–Crippen LogP) is 3.61. The van der Waals surface area contributed by atoms with Crippen LogP contribution in [0.4, 0.5) is 0 Å². The molecule has 25 heavy (non-hydrogen) atoms. The van der Waals surface area contributed by atoms with Crippen LogP contribution in [0.3, 0.4) is 0 Å². The third-order valence-corrected chi connectivity index (χ3v) is 5.25. The van der Waals surface area contributed by atoms with Crippen LogP contribution in [0.5, 0.6) is 11.5 Å². The van der Waals surface area contributed by atoms with Crippen molar-refractivity contribution in [1.82, 2.24) is 10.2 Å². The summed E-state index contributed by atoms with van der Waals surface area (Å²) in [5.41, 5.74) is 1.05. The predicted molar refractivity (Wildman–Crippen MR) is 118 cm³/mol. The summed E-state index contributed by atoms with van der Waals surface area (Å²) in [4.78, 5) is 7.20. The number of ether oxygens (including phenoxy) is 2. The zero-order chi connectivity index (χ0) is 17.6. The summed E-state index contributed by atoms with van der Waals surface area (Å²) in [6.07, 6.45) is 0. The van der Waals surface area contributed by atoms with Crippen LogP contribution in [0.25, 0.3) is 0 Å². The quantitative estimate of drug-likeness (QED) is 0.397. The lowest BCUT2D eigenvalue weighted by Gasteiger charge is -2.39. The Morgan fingerprint density at radius 2 is 2.08 bits per heavy atom. The van der Waals surface area contributed by atoms with Gasteiger partial charge in [0, 0.05) is 41.8 Å². The van der Waals surface area contributed by atoms with E-state index in [9.17, 15) is 0 Å². The number of methoxy groups -OCH3 is 2. The normalized spacial score (nSPS) is 16.8. The lowest BCUT2D eigenvalue weighted by molar-refractivity contribution is 0.375. The Morgan fingerprint density at radius 3 is 2.68 bits per heavy atom. The minimum Gasteiger partial charge on any atom is -0.497 e. The molecule has 0 aliphatic carbocycles. The topological polar surface area (TPSA) is 46.1 Å². The first-order chi connectivity index (χ1) is 11.5. The average molecular weight is 479 g/mol. The maximum Gasteiger partial charge on any atom is 0.194 e. The molecule has 0 amide bonds. The van der Waals surface area contributed by atoms with Crippen molar-refractivity contribution >= 4 is 41.7 Å². The van der Waals surface area contributed by atoms with Crippen LogP contribution in [0.1, 0.15) is 26.3 Å². The van der Waals surface area contributed by atoms with Crippen LogP contribution in [0.2, 0.25) is 0 Å². The Kier molecular flexibility index (Phi) is 9.20. The molecule has 1 aliphatic heterocycles. The Labute approximate surface area is 173 Å². The van der Waals surface area contributed by atoms with E-state index in [-0.39, 0.29) is 28.7 Å². The molecule has 1 aromatic carbocycles. The van der Waals surface area contributed by atoms with E-state index in [0.717, 1.165) is 48.4 Å². The second-order valence-corrected chi connectivity index (χ2v) is 8.18. The van der Waals surface area contributed by atoms with Gasteiger partial charge in [-0.3, -0.25) is 0 Å². The molecule has 0 radical (unpaired) electrons. The van der Waals surface area contributed by atoms with Gasteiger partial charge in [0.25, 0.3) is 0 Å². The Morgan fingerprint density at radius 1 is 1.32 bits per heavy atom. The van der Waals surface area contributed by atoms with Gasteiger partial charge in [-0.2, -0.15) is 11.8 Å². The van der Waals surface area contributed by atoms with Crippen LogP contribution in [0.15, 0.2) is 23.2 Å². The number of guanidine groups is 1. The summed E-state index contributed by atoms with van der Waals surface area (Å²) in [6.45, 7) is 10.2. The third kappa shape index (κ3) is 6.44. The van der Waals surface area contributed by atoms with Crippen molar-refractivity contribution in [2.45, 2.75) is 32.1 Å². The molecule has 2 rings (SSSR count). The van der Waals surface area contributed by atoms with E-state index in [1.807, 2.05) is 30.0 Å². The highest BCUT2D eigenvalue weighted by molar-refractivity contribution is 14.0. The van der Waals surface area contributed by atoms with Gasteiger partial charge < -0.3 is 19.7 Å². The number of hydrogen-bond donors (Lipinski definition) is 1. The number of halogens is 1. The SMILES string of the molecule is CCNC(=NCc1ccc(OC)cc1OC)N1CCSC(C)(C)C1.I. The summed E-state index contributed by atoms with van der Waals surface area (Å²) in [5.74, 6) is 3.71. The van der Waals surface area contributed by atoms with Crippen molar-refractivity contribution < 1.29 is 9.47 Å². The molecule has 1 aromatic rings. The van der Waals surface area contributed by atoms with Gasteiger partial charge >= 0.3 is 0 Å². The largest absolute Gasteiger partial charge is 0.497 e. The van der Waals surface area contributed by atoms with Crippen LogP contribution in [0, 0.1) is 0 Å². The van der Waals surface area contributed by atoms with E-state index in [4.69, 9.17) is 14.5 Å². The first-order valence-corrected chi connectivity index (χ1v) is 9.35. The average Bonchev–Trinajstić information content (AvgIpc) is 2.57. The fourth-order valence-electron chi connectivity index (χ4n) is 2.77. The van der Waals surface area contributed by atoms with Crippen LogP contribution >= 0.6 is 35.7 Å². The Hall–Kier alpha value is -0.830. The number of hydrogen-bond acceptors (Lipinski definition) is 4. The van der Waals surface area contributed by atoms with E-state index in [2.05, 4.69) is 31.0 Å². The van der Waals surface area contributed by atoms with E-state index in [0.29, 0.717) is 6.54 Å². The molecule has 0 atom stereocenters. The fourth-order valence-corrected chi connectivity index (χ4v) is 3.88. The molecule has 1 N–H and O–H groups in total.